The summed E-state index contributed by atoms with van der Waals surface area (Å²) >= 11 is 3.14. The molecule has 30 heavy (non-hydrogen) atoms. The van der Waals surface area contributed by atoms with Gasteiger partial charge in [-0.1, -0.05) is 50.2 Å². The predicted molar refractivity (Wildman–Crippen MR) is 129 cm³/mol. The van der Waals surface area contributed by atoms with Gasteiger partial charge in [0.2, 0.25) is 0 Å². The monoisotopic (exact) mass is 440 g/mol. The Morgan fingerprint density at radius 2 is 1.93 bits per heavy atom. The van der Waals surface area contributed by atoms with Crippen LogP contribution in [0.2, 0.25) is 0 Å². The first-order valence-electron chi connectivity index (χ1n) is 9.87. The maximum atomic E-state index is 10.4. The summed E-state index contributed by atoms with van der Waals surface area (Å²) in [5, 5.41) is 6.43. The standard InChI is InChI=1S/C12H14N2S.C9H8N2OS.C2H6/c1-13-9-11(12-14-7-8-15-12)10-5-3-2-4-6-10;1-6-2-3-7-8(4-6)13-11-9(5-12)10-7;1-2/h2-8,11,13H,9H2,1H3;2-5H,1H3,(H,10,11);1-2H3. The molecule has 2 N–H and O–H groups in total. The largest absolute Gasteiger partial charge is 0.319 e. The van der Waals surface area contributed by atoms with Gasteiger partial charge in [0.15, 0.2) is 12.1 Å². The number of carbonyl (C=O) groups excluding carboxylic acids is 1. The molecule has 0 saturated heterocycles. The molecule has 2 heterocycles. The van der Waals surface area contributed by atoms with Crippen molar-refractivity contribution in [1.29, 1.82) is 0 Å². The number of aryl methyl sites for hydroxylation is 1. The molecule has 0 saturated carbocycles. The summed E-state index contributed by atoms with van der Waals surface area (Å²) in [7, 11) is 1.98. The highest BCUT2D eigenvalue weighted by Gasteiger charge is 2.15. The quantitative estimate of drug-likeness (QED) is 0.413. The Bertz CT molecular complexity index is 928. The second-order valence-electron chi connectivity index (χ2n) is 6.18. The van der Waals surface area contributed by atoms with Crippen LogP contribution in [-0.2, 0) is 4.79 Å². The molecule has 1 aromatic heterocycles. The number of aldehydes is 1. The van der Waals surface area contributed by atoms with Crippen molar-refractivity contribution in [2.45, 2.75) is 31.6 Å². The van der Waals surface area contributed by atoms with Gasteiger partial charge < -0.3 is 10.0 Å². The van der Waals surface area contributed by atoms with Crippen LogP contribution < -0.4 is 10.0 Å². The van der Waals surface area contributed by atoms with Crippen LogP contribution in [0.25, 0.3) is 0 Å². The zero-order chi connectivity index (χ0) is 21.8. The van der Waals surface area contributed by atoms with Gasteiger partial charge in [-0.25, -0.2) is 9.98 Å². The molecule has 1 aliphatic heterocycles. The van der Waals surface area contributed by atoms with E-state index in [1.807, 2.05) is 63.7 Å². The summed E-state index contributed by atoms with van der Waals surface area (Å²) < 4.78 is 2.85. The van der Waals surface area contributed by atoms with Crippen LogP contribution >= 0.6 is 23.3 Å². The first kappa shape index (κ1) is 23.8. The molecule has 0 aliphatic carbocycles. The second-order valence-corrected chi connectivity index (χ2v) is 7.96. The molecular weight excluding hydrogens is 412 g/mol. The highest BCUT2D eigenvalue weighted by molar-refractivity contribution is 7.98. The predicted octanol–water partition coefficient (Wildman–Crippen LogP) is 5.35. The van der Waals surface area contributed by atoms with Crippen molar-refractivity contribution in [3.8, 4) is 0 Å². The molecule has 0 bridgehead atoms. The van der Waals surface area contributed by atoms with E-state index >= 15 is 0 Å². The fraction of sp³-hybridized carbons (Fsp3) is 0.261. The van der Waals surface area contributed by atoms with Crippen molar-refractivity contribution in [2.24, 2.45) is 4.99 Å². The molecular formula is C23H28N4OS2. The first-order chi connectivity index (χ1) is 14.7. The smallest absolute Gasteiger partial charge is 0.185 e. The lowest BCUT2D eigenvalue weighted by atomic mass is 10.00. The average Bonchev–Trinajstić information content (AvgIpc) is 3.34. The number of aromatic nitrogens is 1. The van der Waals surface area contributed by atoms with Crippen molar-refractivity contribution >= 4 is 41.1 Å². The van der Waals surface area contributed by atoms with E-state index in [1.165, 1.54) is 28.1 Å². The van der Waals surface area contributed by atoms with Gasteiger partial charge in [0, 0.05) is 24.0 Å². The average molecular weight is 441 g/mol. The van der Waals surface area contributed by atoms with Crippen LogP contribution in [0, 0.1) is 6.92 Å². The van der Waals surface area contributed by atoms with Gasteiger partial charge in [-0.2, -0.15) is 0 Å². The Morgan fingerprint density at radius 3 is 2.57 bits per heavy atom. The molecule has 1 unspecified atom stereocenters. The molecule has 0 spiro atoms. The number of likely N-dealkylation sites (N-methyl/N-ethyl adjacent to an activating group) is 1. The zero-order valence-corrected chi connectivity index (χ0v) is 19.4. The molecule has 0 fully saturated rings. The van der Waals surface area contributed by atoms with Gasteiger partial charge in [0.25, 0.3) is 0 Å². The summed E-state index contributed by atoms with van der Waals surface area (Å²) in [6.45, 7) is 6.96. The number of rotatable bonds is 5. The number of nitrogens with one attached hydrogen (secondary N) is 2. The highest BCUT2D eigenvalue weighted by Crippen LogP contribution is 2.31. The fourth-order valence-electron chi connectivity index (χ4n) is 2.75. The van der Waals surface area contributed by atoms with E-state index in [1.54, 1.807) is 11.3 Å². The maximum absolute atomic E-state index is 10.4. The molecule has 158 valence electrons. The molecule has 2 aromatic carbocycles. The van der Waals surface area contributed by atoms with Crippen molar-refractivity contribution in [3.63, 3.8) is 0 Å². The molecule has 1 atom stereocenters. The molecule has 1 aliphatic rings. The lowest BCUT2D eigenvalue weighted by molar-refractivity contribution is -0.102. The lowest BCUT2D eigenvalue weighted by Crippen LogP contribution is -2.19. The van der Waals surface area contributed by atoms with E-state index in [9.17, 15) is 4.79 Å². The van der Waals surface area contributed by atoms with Gasteiger partial charge in [-0.05, 0) is 49.2 Å². The Hall–Kier alpha value is -2.48. The first-order valence-corrected chi connectivity index (χ1v) is 11.6. The van der Waals surface area contributed by atoms with E-state index in [-0.39, 0.29) is 0 Å². The number of carbonyl (C=O) groups is 1. The Balaban J connectivity index is 0.000000199. The van der Waals surface area contributed by atoms with E-state index in [0.717, 1.165) is 23.4 Å². The van der Waals surface area contributed by atoms with E-state index in [4.69, 9.17) is 0 Å². The minimum Gasteiger partial charge on any atom is -0.319 e. The maximum Gasteiger partial charge on any atom is 0.185 e. The van der Waals surface area contributed by atoms with Crippen LogP contribution in [0.1, 0.15) is 35.9 Å². The molecule has 4 rings (SSSR count). The van der Waals surface area contributed by atoms with Gasteiger partial charge in [-0.3, -0.25) is 4.79 Å². The van der Waals surface area contributed by atoms with Gasteiger partial charge >= 0.3 is 0 Å². The third-order valence-corrected chi connectivity index (χ3v) is 5.84. The summed E-state index contributed by atoms with van der Waals surface area (Å²) in [5.74, 6) is 0.748. The minimum absolute atomic E-state index is 0.371. The second kappa shape index (κ2) is 13.0. The van der Waals surface area contributed by atoms with Crippen LogP contribution in [0.3, 0.4) is 0 Å². The molecule has 5 nitrogen and oxygen atoms in total. The fourth-order valence-corrected chi connectivity index (χ4v) is 4.29. The van der Waals surface area contributed by atoms with Gasteiger partial charge in [-0.15, -0.1) is 11.3 Å². The van der Waals surface area contributed by atoms with Crippen LogP contribution in [-0.4, -0.2) is 30.7 Å². The number of amidine groups is 1. The Kier molecular flexibility index (Phi) is 10.3. The topological polar surface area (TPSA) is 66.4 Å². The van der Waals surface area contributed by atoms with Crippen LogP contribution in [0.15, 0.2) is 70.0 Å². The third-order valence-electron chi connectivity index (χ3n) is 4.09. The lowest BCUT2D eigenvalue weighted by Gasteiger charge is -2.13. The normalized spacial score (nSPS) is 12.6. The number of thiazole rings is 1. The summed E-state index contributed by atoms with van der Waals surface area (Å²) in [6.07, 6.45) is 2.58. The van der Waals surface area contributed by atoms with Crippen LogP contribution in [0.4, 0.5) is 5.69 Å². The highest BCUT2D eigenvalue weighted by atomic mass is 32.2. The SMILES string of the molecule is CC.CNCC(c1ccccc1)c1nccs1.Cc1ccc2c(c1)SNC(C=O)=N2. The summed E-state index contributed by atoms with van der Waals surface area (Å²) in [5.41, 5.74) is 3.37. The van der Waals surface area contributed by atoms with Crippen molar-refractivity contribution < 1.29 is 4.79 Å². The van der Waals surface area contributed by atoms with E-state index < -0.39 is 0 Å². The summed E-state index contributed by atoms with van der Waals surface area (Å²) in [4.78, 5) is 20.0. The van der Waals surface area contributed by atoms with Gasteiger partial charge in [0.1, 0.15) is 5.01 Å². The third kappa shape index (κ3) is 6.79. The van der Waals surface area contributed by atoms with Crippen molar-refractivity contribution in [3.05, 3.63) is 76.2 Å². The number of aliphatic imine (C=N–C) groups is 1. The van der Waals surface area contributed by atoms with Crippen molar-refractivity contribution in [1.82, 2.24) is 15.0 Å². The summed E-state index contributed by atoms with van der Waals surface area (Å²) in [6, 6.07) is 16.4. The van der Waals surface area contributed by atoms with Crippen molar-refractivity contribution in [2.75, 3.05) is 13.6 Å². The minimum atomic E-state index is 0.371. The number of hydrogen-bond donors (Lipinski definition) is 2. The van der Waals surface area contributed by atoms with Gasteiger partial charge in [0.05, 0.1) is 10.6 Å². The Labute approximate surface area is 187 Å². The number of nitrogens with zero attached hydrogens (tertiary/aromatic N) is 2. The van der Waals surface area contributed by atoms with E-state index in [0.29, 0.717) is 11.8 Å². The molecule has 3 aromatic rings. The zero-order valence-electron chi connectivity index (χ0n) is 17.8. The number of benzene rings is 2. The molecule has 7 heteroatoms. The number of fused-ring (bicyclic) bond motifs is 1. The number of hydrogen-bond acceptors (Lipinski definition) is 7. The van der Waals surface area contributed by atoms with Crippen LogP contribution in [0.5, 0.6) is 0 Å². The molecule has 0 amide bonds. The molecule has 0 radical (unpaired) electrons. The van der Waals surface area contributed by atoms with E-state index in [2.05, 4.69) is 44.3 Å². The Morgan fingerprint density at radius 1 is 1.17 bits per heavy atom.